The fourth-order valence-corrected chi connectivity index (χ4v) is 5.14. The zero-order chi connectivity index (χ0) is 22.8. The number of carbonyl (C=O) groups is 2. The summed E-state index contributed by atoms with van der Waals surface area (Å²) in [5.74, 6) is 0.655. The van der Waals surface area contributed by atoms with Gasteiger partial charge in [0.2, 0.25) is 11.8 Å². The summed E-state index contributed by atoms with van der Waals surface area (Å²) < 4.78 is 0. The number of carbonyl (C=O) groups excluding carboxylic acids is 2. The van der Waals surface area contributed by atoms with Crippen LogP contribution in [0.15, 0.2) is 59.5 Å². The van der Waals surface area contributed by atoms with Crippen molar-refractivity contribution < 1.29 is 9.59 Å². The second kappa shape index (κ2) is 12.9. The van der Waals surface area contributed by atoms with Gasteiger partial charge in [0.15, 0.2) is 0 Å². The number of hydrogen-bond donors (Lipinski definition) is 1. The Morgan fingerprint density at radius 1 is 1.06 bits per heavy atom. The molecule has 0 unspecified atom stereocenters. The van der Waals surface area contributed by atoms with E-state index in [1.165, 1.54) is 6.42 Å². The molecule has 3 rings (SSSR count). The molecule has 0 saturated heterocycles. The Morgan fingerprint density at radius 3 is 2.41 bits per heavy atom. The molecule has 1 aliphatic rings. The minimum Gasteiger partial charge on any atom is -0.352 e. The first kappa shape index (κ1) is 24.7. The number of thioether (sulfide) groups is 1. The van der Waals surface area contributed by atoms with Crippen molar-refractivity contribution in [2.45, 2.75) is 75.4 Å². The molecule has 2 aromatic rings. The van der Waals surface area contributed by atoms with Crippen LogP contribution in [0.1, 0.15) is 57.4 Å². The number of nitrogens with zero attached hydrogens (tertiary/aromatic N) is 1. The van der Waals surface area contributed by atoms with E-state index < -0.39 is 6.04 Å². The highest BCUT2D eigenvalue weighted by Crippen LogP contribution is 2.23. The second-order valence-corrected chi connectivity index (χ2v) is 9.93. The maximum Gasteiger partial charge on any atom is 0.243 e. The first-order valence-corrected chi connectivity index (χ1v) is 12.9. The highest BCUT2D eigenvalue weighted by Gasteiger charge is 2.30. The van der Waals surface area contributed by atoms with Gasteiger partial charge >= 0.3 is 0 Å². The van der Waals surface area contributed by atoms with Crippen LogP contribution in [0.25, 0.3) is 0 Å². The van der Waals surface area contributed by atoms with Crippen LogP contribution in [0.4, 0.5) is 0 Å². The Labute approximate surface area is 201 Å². The molecule has 1 N–H and O–H groups in total. The molecule has 172 valence electrons. The topological polar surface area (TPSA) is 49.4 Å². The molecule has 2 aromatic carbocycles. The van der Waals surface area contributed by atoms with E-state index in [1.54, 1.807) is 16.7 Å². The Bertz CT molecular complexity index is 854. The molecule has 1 fully saturated rings. The van der Waals surface area contributed by atoms with Gasteiger partial charge in [-0.05, 0) is 49.1 Å². The molecule has 32 heavy (non-hydrogen) atoms. The maximum atomic E-state index is 13.3. The third kappa shape index (κ3) is 7.56. The fraction of sp³-hybridized carbons (Fsp3) is 0.462. The van der Waals surface area contributed by atoms with Gasteiger partial charge in [-0.2, -0.15) is 0 Å². The predicted molar refractivity (Wildman–Crippen MR) is 133 cm³/mol. The average Bonchev–Trinajstić information content (AvgIpc) is 2.81. The molecule has 0 spiro atoms. The average molecular weight is 473 g/mol. The summed E-state index contributed by atoms with van der Waals surface area (Å²) in [7, 11) is 0. The van der Waals surface area contributed by atoms with Gasteiger partial charge in [0.25, 0.3) is 0 Å². The van der Waals surface area contributed by atoms with Gasteiger partial charge in [-0.1, -0.05) is 68.1 Å². The van der Waals surface area contributed by atoms with Crippen molar-refractivity contribution in [2.75, 3.05) is 5.75 Å². The van der Waals surface area contributed by atoms with Crippen LogP contribution in [0, 0.1) is 0 Å². The molecule has 1 saturated carbocycles. The minimum absolute atomic E-state index is 0.0148. The van der Waals surface area contributed by atoms with Crippen LogP contribution < -0.4 is 5.32 Å². The van der Waals surface area contributed by atoms with Gasteiger partial charge in [0.1, 0.15) is 6.04 Å². The van der Waals surface area contributed by atoms with Crippen molar-refractivity contribution in [2.24, 2.45) is 0 Å². The Balaban J connectivity index is 1.66. The zero-order valence-electron chi connectivity index (χ0n) is 18.8. The quantitative estimate of drug-likeness (QED) is 0.426. The van der Waals surface area contributed by atoms with Crippen LogP contribution in [0.5, 0.6) is 0 Å². The van der Waals surface area contributed by atoms with Crippen LogP contribution >= 0.6 is 23.4 Å². The Morgan fingerprint density at radius 2 is 1.75 bits per heavy atom. The largest absolute Gasteiger partial charge is 0.352 e. The summed E-state index contributed by atoms with van der Waals surface area (Å²) in [6, 6.07) is 17.3. The van der Waals surface area contributed by atoms with E-state index in [-0.39, 0.29) is 17.9 Å². The summed E-state index contributed by atoms with van der Waals surface area (Å²) in [5.41, 5.74) is 1.04. The highest BCUT2D eigenvalue weighted by molar-refractivity contribution is 7.99. The van der Waals surface area contributed by atoms with Crippen LogP contribution in [-0.4, -0.2) is 34.6 Å². The first-order chi connectivity index (χ1) is 15.6. The van der Waals surface area contributed by atoms with Gasteiger partial charge in [-0.15, -0.1) is 11.8 Å². The summed E-state index contributed by atoms with van der Waals surface area (Å²) in [4.78, 5) is 29.3. The van der Waals surface area contributed by atoms with E-state index in [2.05, 4.69) is 5.32 Å². The Hall–Kier alpha value is -1.98. The van der Waals surface area contributed by atoms with Crippen molar-refractivity contribution in [1.82, 2.24) is 10.2 Å². The van der Waals surface area contributed by atoms with Crippen LogP contribution in [-0.2, 0) is 16.1 Å². The molecule has 0 aliphatic heterocycles. The lowest BCUT2D eigenvalue weighted by Gasteiger charge is -2.33. The molecule has 2 amide bonds. The molecule has 0 heterocycles. The molecular formula is C26H33ClN2O2S. The molecule has 1 aliphatic carbocycles. The number of nitrogens with one attached hydrogen (secondary N) is 1. The summed E-state index contributed by atoms with van der Waals surface area (Å²) in [6.07, 6.45) is 6.62. The van der Waals surface area contributed by atoms with Crippen molar-refractivity contribution in [1.29, 1.82) is 0 Å². The number of benzene rings is 2. The molecule has 1 atom stereocenters. The van der Waals surface area contributed by atoms with Crippen LogP contribution in [0.3, 0.4) is 0 Å². The molecule has 0 radical (unpaired) electrons. The molecule has 6 heteroatoms. The van der Waals surface area contributed by atoms with E-state index in [1.807, 2.05) is 61.5 Å². The lowest BCUT2D eigenvalue weighted by molar-refractivity contribution is -0.141. The van der Waals surface area contributed by atoms with E-state index >= 15 is 0 Å². The molecule has 0 aromatic heterocycles. The van der Waals surface area contributed by atoms with Crippen molar-refractivity contribution in [3.05, 3.63) is 65.2 Å². The van der Waals surface area contributed by atoms with Crippen molar-refractivity contribution >= 4 is 35.2 Å². The third-order valence-electron chi connectivity index (χ3n) is 5.93. The van der Waals surface area contributed by atoms with Gasteiger partial charge in [0, 0.05) is 34.7 Å². The fourth-order valence-electron chi connectivity index (χ4n) is 4.17. The second-order valence-electron chi connectivity index (χ2n) is 8.33. The summed E-state index contributed by atoms with van der Waals surface area (Å²) >= 11 is 7.59. The standard InChI is InChI=1S/C26H33ClN2O2S/c1-2-24(26(31)28-22-11-7-4-8-12-22)29(19-20-9-5-3-6-10-20)25(30)17-18-32-23-15-13-21(27)14-16-23/h3,5-6,9-10,13-16,22,24H,2,4,7-8,11-12,17-19H2,1H3,(H,28,31)/t24-/m1/s1. The monoisotopic (exact) mass is 472 g/mol. The van der Waals surface area contributed by atoms with E-state index in [4.69, 9.17) is 11.6 Å². The number of amides is 2. The normalized spacial score (nSPS) is 15.2. The lowest BCUT2D eigenvalue weighted by atomic mass is 9.95. The van der Waals surface area contributed by atoms with Gasteiger partial charge in [-0.3, -0.25) is 9.59 Å². The first-order valence-electron chi connectivity index (χ1n) is 11.6. The molecule has 4 nitrogen and oxygen atoms in total. The van der Waals surface area contributed by atoms with Crippen molar-refractivity contribution in [3.8, 4) is 0 Å². The number of halogens is 1. The van der Waals surface area contributed by atoms with Crippen molar-refractivity contribution in [3.63, 3.8) is 0 Å². The van der Waals surface area contributed by atoms with Gasteiger partial charge in [-0.25, -0.2) is 0 Å². The zero-order valence-corrected chi connectivity index (χ0v) is 20.3. The minimum atomic E-state index is -0.454. The summed E-state index contributed by atoms with van der Waals surface area (Å²) in [5, 5.41) is 3.93. The number of rotatable bonds is 10. The van der Waals surface area contributed by atoms with E-state index in [0.717, 1.165) is 36.1 Å². The summed E-state index contributed by atoms with van der Waals surface area (Å²) in [6.45, 7) is 2.43. The van der Waals surface area contributed by atoms with E-state index in [0.29, 0.717) is 30.2 Å². The van der Waals surface area contributed by atoms with Crippen LogP contribution in [0.2, 0.25) is 5.02 Å². The smallest absolute Gasteiger partial charge is 0.243 e. The molecular weight excluding hydrogens is 440 g/mol. The Kier molecular flexibility index (Phi) is 9.94. The predicted octanol–water partition coefficient (Wildman–Crippen LogP) is 6.08. The van der Waals surface area contributed by atoms with Gasteiger partial charge < -0.3 is 10.2 Å². The molecule has 0 bridgehead atoms. The third-order valence-corrected chi connectivity index (χ3v) is 7.20. The SMILES string of the molecule is CC[C@H](C(=O)NC1CCCCC1)N(Cc1ccccc1)C(=O)CCSc1ccc(Cl)cc1. The number of hydrogen-bond acceptors (Lipinski definition) is 3. The lowest BCUT2D eigenvalue weighted by Crippen LogP contribution is -2.51. The van der Waals surface area contributed by atoms with E-state index in [9.17, 15) is 9.59 Å². The maximum absolute atomic E-state index is 13.3. The highest BCUT2D eigenvalue weighted by atomic mass is 35.5. The van der Waals surface area contributed by atoms with Gasteiger partial charge in [0.05, 0.1) is 0 Å².